The molecule has 0 heterocycles. The number of benzene rings is 1. The summed E-state index contributed by atoms with van der Waals surface area (Å²) in [5.41, 5.74) is 0.918. The van der Waals surface area contributed by atoms with Gasteiger partial charge in [-0.1, -0.05) is 19.1 Å². The summed E-state index contributed by atoms with van der Waals surface area (Å²) in [6.45, 7) is 7.36. The summed E-state index contributed by atoms with van der Waals surface area (Å²) < 4.78 is 12.8. The normalized spacial score (nSPS) is 13.9. The summed E-state index contributed by atoms with van der Waals surface area (Å²) in [5, 5.41) is 10.0. The van der Waals surface area contributed by atoms with Crippen molar-refractivity contribution in [1.29, 1.82) is 0 Å². The summed E-state index contributed by atoms with van der Waals surface area (Å²) in [6.07, 6.45) is 1.20. The van der Waals surface area contributed by atoms with Crippen molar-refractivity contribution in [2.75, 3.05) is 13.6 Å². The molecular formula is C15H24FNO. The van der Waals surface area contributed by atoms with Crippen molar-refractivity contribution in [3.8, 4) is 0 Å². The molecule has 0 fully saturated rings. The monoisotopic (exact) mass is 253 g/mol. The molecule has 2 nitrogen and oxygen atoms in total. The zero-order chi connectivity index (χ0) is 13.8. The Balaban J connectivity index is 2.51. The molecule has 0 aliphatic heterocycles. The van der Waals surface area contributed by atoms with E-state index in [-0.39, 0.29) is 11.4 Å². The van der Waals surface area contributed by atoms with Crippen LogP contribution in [-0.2, 0) is 0 Å². The summed E-state index contributed by atoms with van der Waals surface area (Å²) in [5.74, 6) is -0.268. The third-order valence-corrected chi connectivity index (χ3v) is 3.89. The minimum Gasteiger partial charge on any atom is -0.388 e. The third-order valence-electron chi connectivity index (χ3n) is 3.89. The number of hydrogen-bond acceptors (Lipinski definition) is 2. The van der Waals surface area contributed by atoms with Crippen molar-refractivity contribution < 1.29 is 9.50 Å². The van der Waals surface area contributed by atoms with Gasteiger partial charge in [-0.2, -0.15) is 0 Å². The maximum absolute atomic E-state index is 12.8. The molecule has 1 aromatic carbocycles. The van der Waals surface area contributed by atoms with Gasteiger partial charge in [-0.25, -0.2) is 4.39 Å². The minimum atomic E-state index is -0.527. The van der Waals surface area contributed by atoms with Crippen LogP contribution in [0.1, 0.15) is 45.3 Å². The van der Waals surface area contributed by atoms with E-state index in [1.165, 1.54) is 12.1 Å². The number of rotatable bonds is 6. The van der Waals surface area contributed by atoms with Crippen LogP contribution in [0.3, 0.4) is 0 Å². The zero-order valence-electron chi connectivity index (χ0n) is 11.8. The maximum Gasteiger partial charge on any atom is 0.123 e. The van der Waals surface area contributed by atoms with E-state index in [1.807, 2.05) is 0 Å². The lowest BCUT2D eigenvalue weighted by atomic mass is 9.99. The largest absolute Gasteiger partial charge is 0.388 e. The first-order chi connectivity index (χ1) is 8.36. The third kappa shape index (κ3) is 4.07. The Bertz CT molecular complexity index is 361. The molecule has 0 aliphatic carbocycles. The SMILES string of the molecule is CCC(C)(C)N(C)CCC(O)c1ccc(F)cc1. The summed E-state index contributed by atoms with van der Waals surface area (Å²) in [4.78, 5) is 2.25. The van der Waals surface area contributed by atoms with Crippen molar-refractivity contribution in [1.82, 2.24) is 4.90 Å². The van der Waals surface area contributed by atoms with Crippen LogP contribution in [0.25, 0.3) is 0 Å². The van der Waals surface area contributed by atoms with Crippen LogP contribution in [-0.4, -0.2) is 29.1 Å². The van der Waals surface area contributed by atoms with Gasteiger partial charge in [0.05, 0.1) is 6.10 Å². The van der Waals surface area contributed by atoms with Crippen LogP contribution < -0.4 is 0 Å². The Hall–Kier alpha value is -0.930. The lowest BCUT2D eigenvalue weighted by Gasteiger charge is -2.35. The fourth-order valence-electron chi connectivity index (χ4n) is 1.74. The van der Waals surface area contributed by atoms with Crippen molar-refractivity contribution >= 4 is 0 Å². The predicted molar refractivity (Wildman–Crippen MR) is 73.0 cm³/mol. The minimum absolute atomic E-state index is 0.141. The molecule has 18 heavy (non-hydrogen) atoms. The molecule has 1 aromatic rings. The first-order valence-electron chi connectivity index (χ1n) is 6.51. The number of aliphatic hydroxyl groups excluding tert-OH is 1. The van der Waals surface area contributed by atoms with Gasteiger partial charge < -0.3 is 10.0 Å². The molecule has 0 radical (unpaired) electrons. The number of hydrogen-bond donors (Lipinski definition) is 1. The summed E-state index contributed by atoms with van der Waals surface area (Å²) in [7, 11) is 2.07. The molecule has 1 N–H and O–H groups in total. The lowest BCUT2D eigenvalue weighted by Crippen LogP contribution is -2.41. The van der Waals surface area contributed by atoms with Gasteiger partial charge in [-0.05, 0) is 51.4 Å². The van der Waals surface area contributed by atoms with Crippen LogP contribution in [0.15, 0.2) is 24.3 Å². The van der Waals surface area contributed by atoms with Crippen molar-refractivity contribution in [2.24, 2.45) is 0 Å². The average molecular weight is 253 g/mol. The quantitative estimate of drug-likeness (QED) is 0.840. The fourth-order valence-corrected chi connectivity index (χ4v) is 1.74. The molecule has 3 heteroatoms. The van der Waals surface area contributed by atoms with Gasteiger partial charge >= 0.3 is 0 Å². The highest BCUT2D eigenvalue weighted by atomic mass is 19.1. The Morgan fingerprint density at radius 3 is 2.33 bits per heavy atom. The van der Waals surface area contributed by atoms with Crippen molar-refractivity contribution in [3.63, 3.8) is 0 Å². The van der Waals surface area contributed by atoms with Crippen LogP contribution in [0.4, 0.5) is 4.39 Å². The molecule has 0 spiro atoms. The van der Waals surface area contributed by atoms with Crippen LogP contribution in [0.2, 0.25) is 0 Å². The van der Waals surface area contributed by atoms with E-state index in [0.717, 1.165) is 18.5 Å². The zero-order valence-corrected chi connectivity index (χ0v) is 11.8. The molecule has 102 valence electrons. The molecule has 1 unspecified atom stereocenters. The second kappa shape index (κ2) is 6.30. The van der Waals surface area contributed by atoms with Gasteiger partial charge in [-0.3, -0.25) is 0 Å². The van der Waals surface area contributed by atoms with Gasteiger partial charge in [0, 0.05) is 12.1 Å². The second-order valence-electron chi connectivity index (χ2n) is 5.44. The predicted octanol–water partition coefficient (Wildman–Crippen LogP) is 3.37. The standard InChI is InChI=1S/C15H24FNO/c1-5-15(2,3)17(4)11-10-14(18)12-6-8-13(16)9-7-12/h6-9,14,18H,5,10-11H2,1-4H3. The molecule has 0 saturated carbocycles. The van der Waals surface area contributed by atoms with E-state index < -0.39 is 6.10 Å². The Kier molecular flexibility index (Phi) is 5.29. The average Bonchev–Trinajstić information content (AvgIpc) is 2.36. The highest BCUT2D eigenvalue weighted by molar-refractivity contribution is 5.18. The molecule has 1 atom stereocenters. The molecular weight excluding hydrogens is 229 g/mol. The molecule has 0 aliphatic rings. The van der Waals surface area contributed by atoms with E-state index in [0.29, 0.717) is 6.42 Å². The van der Waals surface area contributed by atoms with E-state index in [4.69, 9.17) is 0 Å². The number of nitrogens with zero attached hydrogens (tertiary/aromatic N) is 1. The Morgan fingerprint density at radius 2 is 1.83 bits per heavy atom. The lowest BCUT2D eigenvalue weighted by molar-refractivity contribution is 0.105. The number of halogens is 1. The van der Waals surface area contributed by atoms with Crippen LogP contribution in [0, 0.1) is 5.82 Å². The topological polar surface area (TPSA) is 23.5 Å². The van der Waals surface area contributed by atoms with E-state index >= 15 is 0 Å². The van der Waals surface area contributed by atoms with Crippen molar-refractivity contribution in [3.05, 3.63) is 35.6 Å². The van der Waals surface area contributed by atoms with E-state index in [2.05, 4.69) is 32.7 Å². The molecule has 0 bridgehead atoms. The summed E-state index contributed by atoms with van der Waals surface area (Å²) >= 11 is 0. The van der Waals surface area contributed by atoms with E-state index in [9.17, 15) is 9.50 Å². The second-order valence-corrected chi connectivity index (χ2v) is 5.44. The number of aliphatic hydroxyl groups is 1. The fraction of sp³-hybridized carbons (Fsp3) is 0.600. The first kappa shape index (κ1) is 15.1. The molecule has 0 saturated heterocycles. The van der Waals surface area contributed by atoms with Crippen LogP contribution in [0.5, 0.6) is 0 Å². The molecule has 0 aromatic heterocycles. The Morgan fingerprint density at radius 1 is 1.28 bits per heavy atom. The van der Waals surface area contributed by atoms with E-state index in [1.54, 1.807) is 12.1 Å². The summed E-state index contributed by atoms with van der Waals surface area (Å²) in [6, 6.07) is 6.06. The Labute approximate surface area is 109 Å². The van der Waals surface area contributed by atoms with Crippen LogP contribution >= 0.6 is 0 Å². The van der Waals surface area contributed by atoms with Gasteiger partial charge in [0.2, 0.25) is 0 Å². The molecule has 1 rings (SSSR count). The smallest absolute Gasteiger partial charge is 0.123 e. The van der Waals surface area contributed by atoms with Crippen molar-refractivity contribution in [2.45, 2.75) is 45.3 Å². The van der Waals surface area contributed by atoms with Gasteiger partial charge in [-0.15, -0.1) is 0 Å². The maximum atomic E-state index is 12.8. The molecule has 0 amide bonds. The van der Waals surface area contributed by atoms with Gasteiger partial charge in [0.1, 0.15) is 5.82 Å². The highest BCUT2D eigenvalue weighted by Gasteiger charge is 2.21. The first-order valence-corrected chi connectivity index (χ1v) is 6.51. The van der Waals surface area contributed by atoms with Gasteiger partial charge in [0.25, 0.3) is 0 Å². The highest BCUT2D eigenvalue weighted by Crippen LogP contribution is 2.21. The van der Waals surface area contributed by atoms with Gasteiger partial charge in [0.15, 0.2) is 0 Å².